The molecule has 1 saturated carbocycles. The molecule has 0 radical (unpaired) electrons. The van der Waals surface area contributed by atoms with Crippen LogP contribution in [0.25, 0.3) is 0 Å². The Balaban J connectivity index is 1.48. The second kappa shape index (κ2) is 8.75. The molecule has 5 rings (SSSR count). The maximum Gasteiger partial charge on any atom is 0.290 e. The van der Waals surface area contributed by atoms with Gasteiger partial charge in [0.1, 0.15) is 17.6 Å². The summed E-state index contributed by atoms with van der Waals surface area (Å²) in [7, 11) is 1.62. The number of phenolic OH excluding ortho intramolecular Hbond substituents is 1. The lowest BCUT2D eigenvalue weighted by atomic mass is 9.77. The quantitative estimate of drug-likeness (QED) is 0.668. The zero-order chi connectivity index (χ0) is 23.1. The van der Waals surface area contributed by atoms with Gasteiger partial charge in [-0.1, -0.05) is 24.3 Å². The largest absolute Gasteiger partial charge is 0.508 e. The highest BCUT2D eigenvalue weighted by Gasteiger charge is 2.52. The standard InChI is InChI=1S/C26H26ClNO5/c1-32-19-8-5-15(6-9-19)11-12-28-23(16-3-2-4-18(29)13-16)22-24(30)20-14-17(27)7-10-21(20)33-25(22)26(28)31/h2-6,8-9,13,17,20-21,23,29H,7,10-12,14H2,1H3. The van der Waals surface area contributed by atoms with Crippen LogP contribution in [0.3, 0.4) is 0 Å². The molecule has 2 aliphatic heterocycles. The number of ether oxygens (including phenoxy) is 2. The summed E-state index contributed by atoms with van der Waals surface area (Å²) >= 11 is 6.37. The molecule has 33 heavy (non-hydrogen) atoms. The molecule has 0 aromatic heterocycles. The maximum absolute atomic E-state index is 13.6. The summed E-state index contributed by atoms with van der Waals surface area (Å²) in [6, 6.07) is 13.8. The minimum Gasteiger partial charge on any atom is -0.508 e. The van der Waals surface area contributed by atoms with Gasteiger partial charge in [-0.25, -0.2) is 0 Å². The molecule has 1 N–H and O–H groups in total. The molecule has 3 aliphatic rings. The van der Waals surface area contributed by atoms with Crippen molar-refractivity contribution in [1.29, 1.82) is 0 Å². The van der Waals surface area contributed by atoms with Gasteiger partial charge in [0.05, 0.1) is 24.6 Å². The number of carbonyl (C=O) groups is 2. The second-order valence-electron chi connectivity index (χ2n) is 8.87. The summed E-state index contributed by atoms with van der Waals surface area (Å²) in [6.45, 7) is 0.405. The van der Waals surface area contributed by atoms with E-state index >= 15 is 0 Å². The van der Waals surface area contributed by atoms with E-state index in [4.69, 9.17) is 21.1 Å². The number of hydrogen-bond donors (Lipinski definition) is 1. The van der Waals surface area contributed by atoms with Crippen LogP contribution in [-0.4, -0.2) is 46.8 Å². The highest BCUT2D eigenvalue weighted by atomic mass is 35.5. The number of aromatic hydroxyl groups is 1. The summed E-state index contributed by atoms with van der Waals surface area (Å²) in [4.78, 5) is 28.8. The van der Waals surface area contributed by atoms with E-state index in [1.54, 1.807) is 30.2 Å². The number of ketones is 1. The van der Waals surface area contributed by atoms with E-state index in [1.807, 2.05) is 30.3 Å². The average Bonchev–Trinajstić information content (AvgIpc) is 3.10. The average molecular weight is 468 g/mol. The monoisotopic (exact) mass is 467 g/mol. The molecular weight excluding hydrogens is 442 g/mol. The molecule has 0 spiro atoms. The van der Waals surface area contributed by atoms with Crippen LogP contribution < -0.4 is 4.74 Å². The van der Waals surface area contributed by atoms with Crippen LogP contribution in [0.1, 0.15) is 36.4 Å². The lowest BCUT2D eigenvalue weighted by Gasteiger charge is -2.37. The van der Waals surface area contributed by atoms with E-state index in [1.165, 1.54) is 0 Å². The van der Waals surface area contributed by atoms with Gasteiger partial charge < -0.3 is 19.5 Å². The lowest BCUT2D eigenvalue weighted by Crippen LogP contribution is -2.41. The van der Waals surface area contributed by atoms with E-state index < -0.39 is 6.04 Å². The van der Waals surface area contributed by atoms with Crippen LogP contribution >= 0.6 is 11.6 Å². The third kappa shape index (κ3) is 3.97. The van der Waals surface area contributed by atoms with Crippen molar-refractivity contribution in [2.75, 3.05) is 13.7 Å². The molecule has 2 aromatic rings. The third-order valence-electron chi connectivity index (χ3n) is 6.87. The highest BCUT2D eigenvalue weighted by molar-refractivity contribution is 6.21. The van der Waals surface area contributed by atoms with Crippen molar-refractivity contribution in [3.05, 3.63) is 71.0 Å². The Labute approximate surface area is 197 Å². The lowest BCUT2D eigenvalue weighted by molar-refractivity contribution is -0.135. The Kier molecular flexibility index (Phi) is 5.79. The molecule has 0 bridgehead atoms. The number of methoxy groups -OCH3 is 1. The number of fused-ring (bicyclic) bond motifs is 1. The number of Topliss-reactive ketones (excluding diaryl/α,β-unsaturated/α-hetero) is 1. The van der Waals surface area contributed by atoms with Gasteiger partial charge in [-0.3, -0.25) is 9.59 Å². The first kappa shape index (κ1) is 21.8. The fourth-order valence-corrected chi connectivity index (χ4v) is 5.49. The van der Waals surface area contributed by atoms with Crippen molar-refractivity contribution in [3.8, 4) is 11.5 Å². The van der Waals surface area contributed by atoms with Gasteiger partial charge in [0, 0.05) is 11.9 Å². The number of alkyl halides is 1. The zero-order valence-electron chi connectivity index (χ0n) is 18.4. The molecule has 4 atom stereocenters. The summed E-state index contributed by atoms with van der Waals surface area (Å²) in [5.41, 5.74) is 2.14. The number of carbonyl (C=O) groups excluding carboxylic acids is 2. The molecule has 1 fully saturated rings. The van der Waals surface area contributed by atoms with Crippen LogP contribution in [0, 0.1) is 5.92 Å². The number of amides is 1. The van der Waals surface area contributed by atoms with E-state index in [0.29, 0.717) is 36.9 Å². The van der Waals surface area contributed by atoms with E-state index in [9.17, 15) is 14.7 Å². The first-order valence-corrected chi connectivity index (χ1v) is 11.7. The number of hydrogen-bond acceptors (Lipinski definition) is 5. The number of rotatable bonds is 5. The Morgan fingerprint density at radius 1 is 1.15 bits per heavy atom. The molecule has 0 saturated heterocycles. The van der Waals surface area contributed by atoms with Crippen molar-refractivity contribution in [2.45, 2.75) is 43.2 Å². The topological polar surface area (TPSA) is 76.1 Å². The van der Waals surface area contributed by atoms with Gasteiger partial charge in [0.2, 0.25) is 0 Å². The van der Waals surface area contributed by atoms with Crippen molar-refractivity contribution in [3.63, 3.8) is 0 Å². The fraction of sp³-hybridized carbons (Fsp3) is 0.385. The summed E-state index contributed by atoms with van der Waals surface area (Å²) < 4.78 is 11.4. The van der Waals surface area contributed by atoms with E-state index in [2.05, 4.69) is 0 Å². The molecule has 1 aliphatic carbocycles. The minimum absolute atomic E-state index is 0.0553. The number of nitrogens with zero attached hydrogens (tertiary/aromatic N) is 1. The Bertz CT molecular complexity index is 1110. The number of phenols is 1. The van der Waals surface area contributed by atoms with Crippen LogP contribution in [-0.2, 0) is 20.7 Å². The first-order valence-electron chi connectivity index (χ1n) is 11.3. The van der Waals surface area contributed by atoms with Gasteiger partial charge >= 0.3 is 0 Å². The van der Waals surface area contributed by atoms with E-state index in [0.717, 1.165) is 17.7 Å². The van der Waals surface area contributed by atoms with Gasteiger partial charge in [-0.2, -0.15) is 0 Å². The normalized spacial score (nSPS) is 26.7. The van der Waals surface area contributed by atoms with E-state index in [-0.39, 0.29) is 40.6 Å². The third-order valence-corrected chi connectivity index (χ3v) is 7.26. The van der Waals surface area contributed by atoms with Gasteiger partial charge in [-0.05, 0) is 61.1 Å². The predicted octanol–water partition coefficient (Wildman–Crippen LogP) is 4.16. The molecule has 172 valence electrons. The molecule has 7 heteroatoms. The van der Waals surface area contributed by atoms with Gasteiger partial charge in [0.15, 0.2) is 11.5 Å². The molecule has 1 amide bonds. The van der Waals surface area contributed by atoms with Crippen LogP contribution in [0.4, 0.5) is 0 Å². The van der Waals surface area contributed by atoms with Crippen LogP contribution in [0.5, 0.6) is 11.5 Å². The molecular formula is C26H26ClNO5. The highest BCUT2D eigenvalue weighted by Crippen LogP contribution is 2.47. The minimum atomic E-state index is -0.595. The SMILES string of the molecule is COc1ccc(CCN2C(=O)C3=C(C(=O)C4CC(Cl)CCC4O3)C2c2cccc(O)c2)cc1. The summed E-state index contributed by atoms with van der Waals surface area (Å²) in [6.07, 6.45) is 2.29. The van der Waals surface area contributed by atoms with Crippen LogP contribution in [0.15, 0.2) is 59.9 Å². The Hall–Kier alpha value is -2.99. The Morgan fingerprint density at radius 3 is 2.67 bits per heavy atom. The van der Waals surface area contributed by atoms with Crippen molar-refractivity contribution in [1.82, 2.24) is 4.90 Å². The molecule has 4 unspecified atom stereocenters. The number of benzene rings is 2. The zero-order valence-corrected chi connectivity index (χ0v) is 19.1. The van der Waals surface area contributed by atoms with Crippen molar-refractivity contribution < 1.29 is 24.2 Å². The fourth-order valence-electron chi connectivity index (χ4n) is 5.18. The number of halogens is 1. The van der Waals surface area contributed by atoms with Crippen molar-refractivity contribution >= 4 is 23.3 Å². The first-order chi connectivity index (χ1) is 16.0. The molecule has 6 nitrogen and oxygen atoms in total. The maximum atomic E-state index is 13.6. The molecule has 2 heterocycles. The van der Waals surface area contributed by atoms with Crippen molar-refractivity contribution in [2.24, 2.45) is 5.92 Å². The molecule has 2 aromatic carbocycles. The summed E-state index contributed by atoms with van der Waals surface area (Å²) in [5, 5.41) is 10.0. The Morgan fingerprint density at radius 2 is 1.94 bits per heavy atom. The van der Waals surface area contributed by atoms with Crippen LogP contribution in [0.2, 0.25) is 0 Å². The summed E-state index contributed by atoms with van der Waals surface area (Å²) in [5.74, 6) is 0.355. The van der Waals surface area contributed by atoms with Gasteiger partial charge in [-0.15, -0.1) is 11.6 Å². The second-order valence-corrected chi connectivity index (χ2v) is 9.49. The predicted molar refractivity (Wildman–Crippen MR) is 123 cm³/mol. The van der Waals surface area contributed by atoms with Gasteiger partial charge in [0.25, 0.3) is 5.91 Å². The smallest absolute Gasteiger partial charge is 0.290 e.